The van der Waals surface area contributed by atoms with Crippen molar-refractivity contribution in [2.45, 2.75) is 32.5 Å². The molecule has 2 amide bonds. The van der Waals surface area contributed by atoms with Crippen molar-refractivity contribution >= 4 is 12.0 Å². The number of carbonyl (C=O) groups excluding carboxylic acids is 1. The molecule has 0 heterocycles. The number of ether oxygens (including phenoxy) is 1. The molecule has 0 aliphatic carbocycles. The average molecular weight is 248 g/mol. The van der Waals surface area contributed by atoms with Crippen LogP contribution in [0.1, 0.15) is 20.3 Å². The average Bonchev–Trinajstić information content (AvgIpc) is 2.23. The van der Waals surface area contributed by atoms with Crippen molar-refractivity contribution in [2.75, 3.05) is 19.7 Å². The van der Waals surface area contributed by atoms with Crippen molar-refractivity contribution in [2.24, 2.45) is 0 Å². The van der Waals surface area contributed by atoms with Gasteiger partial charge in [-0.3, -0.25) is 0 Å². The molecule has 0 aromatic rings. The van der Waals surface area contributed by atoms with Crippen LogP contribution in [0.4, 0.5) is 4.79 Å². The number of aliphatic hydroxyl groups excluding tert-OH is 1. The Morgan fingerprint density at radius 3 is 2.35 bits per heavy atom. The number of aliphatic hydroxyl groups is 1. The van der Waals surface area contributed by atoms with Crippen molar-refractivity contribution in [3.63, 3.8) is 0 Å². The maximum atomic E-state index is 11.1. The smallest absolute Gasteiger partial charge is 0.332 e. The van der Waals surface area contributed by atoms with E-state index in [0.29, 0.717) is 13.2 Å². The van der Waals surface area contributed by atoms with E-state index < -0.39 is 18.1 Å². The number of amides is 2. The Bertz CT molecular complexity index is 245. The minimum atomic E-state index is -1.44. The highest BCUT2D eigenvalue weighted by Gasteiger charge is 2.12. The Balaban J connectivity index is 3.44. The minimum Gasteiger partial charge on any atom is -0.479 e. The van der Waals surface area contributed by atoms with Gasteiger partial charge >= 0.3 is 12.0 Å². The molecule has 4 N–H and O–H groups in total. The van der Waals surface area contributed by atoms with Crippen molar-refractivity contribution in [3.05, 3.63) is 0 Å². The van der Waals surface area contributed by atoms with E-state index in [4.69, 9.17) is 14.9 Å². The van der Waals surface area contributed by atoms with Crippen LogP contribution in [0.5, 0.6) is 0 Å². The SMILES string of the molecule is CC(C)OCCNC(=O)NCCC(O)C(=O)O. The van der Waals surface area contributed by atoms with E-state index in [1.807, 2.05) is 13.8 Å². The van der Waals surface area contributed by atoms with Crippen molar-refractivity contribution in [1.29, 1.82) is 0 Å². The summed E-state index contributed by atoms with van der Waals surface area (Å²) in [4.78, 5) is 21.4. The highest BCUT2D eigenvalue weighted by Crippen LogP contribution is 1.89. The molecule has 0 saturated carbocycles. The van der Waals surface area contributed by atoms with E-state index >= 15 is 0 Å². The summed E-state index contributed by atoms with van der Waals surface area (Å²) in [6, 6.07) is -0.407. The van der Waals surface area contributed by atoms with Gasteiger partial charge in [-0.15, -0.1) is 0 Å². The van der Waals surface area contributed by atoms with Crippen LogP contribution in [0.25, 0.3) is 0 Å². The van der Waals surface area contributed by atoms with Crippen LogP contribution in [-0.4, -0.2) is 54.1 Å². The van der Waals surface area contributed by atoms with Crippen molar-refractivity contribution in [3.8, 4) is 0 Å². The summed E-state index contributed by atoms with van der Waals surface area (Å²) in [7, 11) is 0. The summed E-state index contributed by atoms with van der Waals surface area (Å²) in [6.45, 7) is 4.69. The second-order valence-electron chi connectivity index (χ2n) is 3.74. The number of carboxylic acids is 1. The Hall–Kier alpha value is -1.34. The molecule has 0 aromatic heterocycles. The van der Waals surface area contributed by atoms with Gasteiger partial charge in [0.2, 0.25) is 0 Å². The van der Waals surface area contributed by atoms with Crippen LogP contribution < -0.4 is 10.6 Å². The Morgan fingerprint density at radius 1 is 1.24 bits per heavy atom. The van der Waals surface area contributed by atoms with Gasteiger partial charge in [-0.25, -0.2) is 9.59 Å². The van der Waals surface area contributed by atoms with Gasteiger partial charge in [0.1, 0.15) is 0 Å². The molecule has 0 aromatic carbocycles. The second-order valence-corrected chi connectivity index (χ2v) is 3.74. The maximum absolute atomic E-state index is 11.1. The normalized spacial score (nSPS) is 12.2. The Kier molecular flexibility index (Phi) is 8.08. The molecule has 100 valence electrons. The van der Waals surface area contributed by atoms with Crippen LogP contribution >= 0.6 is 0 Å². The van der Waals surface area contributed by atoms with Crippen molar-refractivity contribution < 1.29 is 24.5 Å². The first-order valence-electron chi connectivity index (χ1n) is 5.47. The number of rotatable bonds is 8. The summed E-state index contributed by atoms with van der Waals surface area (Å²) in [6.07, 6.45) is -1.35. The highest BCUT2D eigenvalue weighted by atomic mass is 16.5. The van der Waals surface area contributed by atoms with Gasteiger partial charge in [0.15, 0.2) is 6.10 Å². The molecule has 0 rings (SSSR count). The number of hydrogen-bond acceptors (Lipinski definition) is 4. The monoisotopic (exact) mass is 248 g/mol. The molecular formula is C10H20N2O5. The zero-order chi connectivity index (χ0) is 13.3. The lowest BCUT2D eigenvalue weighted by atomic mass is 10.2. The molecule has 7 nitrogen and oxygen atoms in total. The number of hydrogen-bond donors (Lipinski definition) is 4. The lowest BCUT2D eigenvalue weighted by Crippen LogP contribution is -2.39. The van der Waals surface area contributed by atoms with Gasteiger partial charge in [0.25, 0.3) is 0 Å². The molecule has 0 saturated heterocycles. The highest BCUT2D eigenvalue weighted by molar-refractivity contribution is 5.74. The fourth-order valence-corrected chi connectivity index (χ4v) is 0.968. The van der Waals surface area contributed by atoms with E-state index in [1.165, 1.54) is 0 Å². The molecule has 1 atom stereocenters. The molecule has 0 bridgehead atoms. The summed E-state index contributed by atoms with van der Waals surface area (Å²) in [5, 5.41) is 22.3. The quantitative estimate of drug-likeness (QED) is 0.435. The van der Waals surface area contributed by atoms with Gasteiger partial charge in [-0.05, 0) is 13.8 Å². The summed E-state index contributed by atoms with van der Waals surface area (Å²) in [5.41, 5.74) is 0. The van der Waals surface area contributed by atoms with E-state index in [-0.39, 0.29) is 19.1 Å². The number of nitrogens with one attached hydrogen (secondary N) is 2. The lowest BCUT2D eigenvalue weighted by Gasteiger charge is -2.10. The van der Waals surface area contributed by atoms with Crippen LogP contribution in [0.15, 0.2) is 0 Å². The molecule has 0 aliphatic rings. The van der Waals surface area contributed by atoms with Gasteiger partial charge in [0.05, 0.1) is 12.7 Å². The third-order valence-electron chi connectivity index (χ3n) is 1.83. The van der Waals surface area contributed by atoms with E-state index in [9.17, 15) is 9.59 Å². The first kappa shape index (κ1) is 15.7. The Labute approximate surface area is 100 Å². The summed E-state index contributed by atoms with van der Waals surface area (Å²) >= 11 is 0. The summed E-state index contributed by atoms with van der Waals surface area (Å²) in [5.74, 6) is -1.29. The second kappa shape index (κ2) is 8.77. The van der Waals surface area contributed by atoms with Gasteiger partial charge in [-0.1, -0.05) is 0 Å². The minimum absolute atomic E-state index is 0.0226. The molecule has 17 heavy (non-hydrogen) atoms. The van der Waals surface area contributed by atoms with Gasteiger partial charge in [0, 0.05) is 19.5 Å². The third kappa shape index (κ3) is 9.58. The predicted octanol–water partition coefficient (Wildman–Crippen LogP) is -0.454. The molecule has 7 heteroatoms. The predicted molar refractivity (Wildman–Crippen MR) is 60.7 cm³/mol. The number of aliphatic carboxylic acids is 1. The number of carboxylic acid groups (broad SMARTS) is 1. The third-order valence-corrected chi connectivity index (χ3v) is 1.83. The fraction of sp³-hybridized carbons (Fsp3) is 0.800. The van der Waals surface area contributed by atoms with E-state index in [0.717, 1.165) is 0 Å². The van der Waals surface area contributed by atoms with Crippen LogP contribution in [0.2, 0.25) is 0 Å². The topological polar surface area (TPSA) is 108 Å². The first-order valence-corrected chi connectivity index (χ1v) is 5.47. The fourth-order valence-electron chi connectivity index (χ4n) is 0.968. The molecule has 0 aliphatic heterocycles. The van der Waals surface area contributed by atoms with Gasteiger partial charge < -0.3 is 25.6 Å². The first-order chi connectivity index (χ1) is 7.93. The molecule has 0 fully saturated rings. The molecule has 1 unspecified atom stereocenters. The van der Waals surface area contributed by atoms with Crippen LogP contribution in [-0.2, 0) is 9.53 Å². The Morgan fingerprint density at radius 2 is 1.82 bits per heavy atom. The lowest BCUT2D eigenvalue weighted by molar-refractivity contribution is -0.146. The number of urea groups is 1. The maximum Gasteiger partial charge on any atom is 0.332 e. The van der Waals surface area contributed by atoms with Crippen molar-refractivity contribution in [1.82, 2.24) is 10.6 Å². The van der Waals surface area contributed by atoms with Gasteiger partial charge in [-0.2, -0.15) is 0 Å². The zero-order valence-corrected chi connectivity index (χ0v) is 10.1. The van der Waals surface area contributed by atoms with Crippen LogP contribution in [0, 0.1) is 0 Å². The zero-order valence-electron chi connectivity index (χ0n) is 10.1. The molecule has 0 radical (unpaired) electrons. The van der Waals surface area contributed by atoms with E-state index in [2.05, 4.69) is 10.6 Å². The summed E-state index contributed by atoms with van der Waals surface area (Å²) < 4.78 is 5.21. The molecular weight excluding hydrogens is 228 g/mol. The standard InChI is InChI=1S/C10H20N2O5/c1-7(2)17-6-5-12-10(16)11-4-3-8(13)9(14)15/h7-8,13H,3-6H2,1-2H3,(H,14,15)(H2,11,12,16). The molecule has 0 spiro atoms. The largest absolute Gasteiger partial charge is 0.479 e. The van der Waals surface area contributed by atoms with E-state index in [1.54, 1.807) is 0 Å². The number of carbonyl (C=O) groups is 2. The van der Waals surface area contributed by atoms with Crippen LogP contribution in [0.3, 0.4) is 0 Å².